The largest absolute Gasteiger partial charge is 0.487 e. The molecule has 1 atom stereocenters. The van der Waals surface area contributed by atoms with Gasteiger partial charge in [0, 0.05) is 43.7 Å². The van der Waals surface area contributed by atoms with E-state index in [1.807, 2.05) is 49.5 Å². The van der Waals surface area contributed by atoms with E-state index in [4.69, 9.17) is 14.5 Å². The Kier molecular flexibility index (Phi) is 5.03. The van der Waals surface area contributed by atoms with E-state index in [1.54, 1.807) is 10.8 Å². The second-order valence-electron chi connectivity index (χ2n) is 9.45. The number of fused-ring (bicyclic) bond motifs is 5. The highest BCUT2D eigenvalue weighted by molar-refractivity contribution is 5.90. The SMILES string of the molecule is Cc1cc(Nc2ncnc3cc4c(nc23)N2CCN(C)C[C@H]2CO4)ccc1Oc1ccn2ncnc2c1. The van der Waals surface area contributed by atoms with Crippen LogP contribution in [0.4, 0.5) is 17.3 Å². The lowest BCUT2D eigenvalue weighted by Gasteiger charge is -2.43. The number of likely N-dealkylation sites (N-methyl/N-ethyl adjacent to an activating group) is 1. The quantitative estimate of drug-likeness (QED) is 0.399. The monoisotopic (exact) mass is 495 g/mol. The van der Waals surface area contributed by atoms with Gasteiger partial charge in [0.25, 0.3) is 0 Å². The second kappa shape index (κ2) is 8.56. The highest BCUT2D eigenvalue weighted by Gasteiger charge is 2.33. The normalized spacial score (nSPS) is 17.4. The lowest BCUT2D eigenvalue weighted by atomic mass is 10.1. The van der Waals surface area contributed by atoms with Crippen molar-refractivity contribution in [2.45, 2.75) is 13.0 Å². The Morgan fingerprint density at radius 1 is 1.05 bits per heavy atom. The van der Waals surface area contributed by atoms with Crippen molar-refractivity contribution >= 4 is 34.0 Å². The molecule has 5 aromatic rings. The Hall–Kier alpha value is -4.51. The van der Waals surface area contributed by atoms with E-state index in [9.17, 15) is 0 Å². The van der Waals surface area contributed by atoms with Gasteiger partial charge in [-0.05, 0) is 43.8 Å². The van der Waals surface area contributed by atoms with Crippen LogP contribution in [0.3, 0.4) is 0 Å². The molecule has 0 spiro atoms. The number of nitrogens with zero attached hydrogens (tertiary/aromatic N) is 8. The summed E-state index contributed by atoms with van der Waals surface area (Å²) >= 11 is 0. The Bertz CT molecular complexity index is 1640. The number of rotatable bonds is 4. The molecular weight excluding hydrogens is 470 g/mol. The molecule has 0 aliphatic carbocycles. The number of benzene rings is 1. The number of hydrogen-bond donors (Lipinski definition) is 1. The summed E-state index contributed by atoms with van der Waals surface area (Å²) in [5, 5.41) is 7.55. The molecule has 2 aliphatic heterocycles. The van der Waals surface area contributed by atoms with Gasteiger partial charge in [0.2, 0.25) is 0 Å². The molecule has 11 heteroatoms. The van der Waals surface area contributed by atoms with Gasteiger partial charge < -0.3 is 24.6 Å². The minimum atomic E-state index is 0.290. The summed E-state index contributed by atoms with van der Waals surface area (Å²) in [6.07, 6.45) is 4.89. The minimum absolute atomic E-state index is 0.290. The average molecular weight is 496 g/mol. The molecule has 0 radical (unpaired) electrons. The molecule has 0 unspecified atom stereocenters. The van der Waals surface area contributed by atoms with Crippen LogP contribution < -0.4 is 19.7 Å². The van der Waals surface area contributed by atoms with Gasteiger partial charge in [0.1, 0.15) is 36.3 Å². The number of nitrogens with one attached hydrogen (secondary N) is 1. The van der Waals surface area contributed by atoms with Gasteiger partial charge in [-0.25, -0.2) is 24.5 Å². The van der Waals surface area contributed by atoms with Crippen molar-refractivity contribution in [3.05, 3.63) is 60.8 Å². The van der Waals surface area contributed by atoms with Gasteiger partial charge in [0.05, 0.1) is 11.6 Å². The standard InChI is InChI=1S/C26H25N9O2/c1-16-9-17(3-4-21(16)37-19-5-6-35-23(10-19)28-15-30-35)31-25-24-20(27-14-29-25)11-22-26(32-24)34-8-7-33(2)12-18(34)13-36-22/h3-6,9-11,14-15,18H,7-8,12-13H2,1-2H3,(H,27,29,31)/t18-/m0/s1. The van der Waals surface area contributed by atoms with Crippen molar-refractivity contribution < 1.29 is 9.47 Å². The van der Waals surface area contributed by atoms with Crippen molar-refractivity contribution in [2.75, 3.05) is 43.5 Å². The molecule has 2 aliphatic rings. The fourth-order valence-corrected chi connectivity index (χ4v) is 4.94. The number of aromatic nitrogens is 6. The van der Waals surface area contributed by atoms with Gasteiger partial charge in [-0.2, -0.15) is 5.10 Å². The van der Waals surface area contributed by atoms with Crippen LogP contribution >= 0.6 is 0 Å². The molecular formula is C26H25N9O2. The maximum Gasteiger partial charge on any atom is 0.172 e. The molecule has 0 bridgehead atoms. The molecule has 1 aromatic carbocycles. The summed E-state index contributed by atoms with van der Waals surface area (Å²) in [5.74, 6) is 3.74. The molecule has 4 aromatic heterocycles. The third-order valence-electron chi connectivity index (χ3n) is 6.86. The third kappa shape index (κ3) is 3.93. The highest BCUT2D eigenvalue weighted by atomic mass is 16.5. The van der Waals surface area contributed by atoms with Gasteiger partial charge in [-0.15, -0.1) is 0 Å². The molecule has 6 heterocycles. The van der Waals surface area contributed by atoms with Gasteiger partial charge >= 0.3 is 0 Å². The van der Waals surface area contributed by atoms with E-state index < -0.39 is 0 Å². The zero-order chi connectivity index (χ0) is 24.9. The Morgan fingerprint density at radius 2 is 2.00 bits per heavy atom. The highest BCUT2D eigenvalue weighted by Crippen LogP contribution is 2.37. The van der Waals surface area contributed by atoms with E-state index >= 15 is 0 Å². The number of anilines is 3. The summed E-state index contributed by atoms with van der Waals surface area (Å²) in [6.45, 7) is 5.52. The number of ether oxygens (including phenoxy) is 2. The first-order chi connectivity index (χ1) is 18.1. The van der Waals surface area contributed by atoms with Crippen molar-refractivity contribution in [3.8, 4) is 17.2 Å². The summed E-state index contributed by atoms with van der Waals surface area (Å²) in [5.41, 5.74) is 4.04. The molecule has 7 rings (SSSR count). The lowest BCUT2D eigenvalue weighted by Crippen LogP contribution is -2.56. The molecule has 0 saturated carbocycles. The number of piperazine rings is 1. The maximum atomic E-state index is 6.11. The van der Waals surface area contributed by atoms with Crippen LogP contribution in [0.1, 0.15) is 5.56 Å². The van der Waals surface area contributed by atoms with E-state index in [0.717, 1.165) is 59.4 Å². The first-order valence-electron chi connectivity index (χ1n) is 12.2. The summed E-state index contributed by atoms with van der Waals surface area (Å²) in [4.78, 5) is 22.8. The van der Waals surface area contributed by atoms with Gasteiger partial charge in [0.15, 0.2) is 23.0 Å². The van der Waals surface area contributed by atoms with Crippen LogP contribution in [0.2, 0.25) is 0 Å². The van der Waals surface area contributed by atoms with Crippen LogP contribution in [0.15, 0.2) is 55.2 Å². The molecule has 0 amide bonds. The van der Waals surface area contributed by atoms with Crippen LogP contribution in [-0.4, -0.2) is 73.8 Å². The van der Waals surface area contributed by atoms with Crippen molar-refractivity contribution in [3.63, 3.8) is 0 Å². The predicted octanol–water partition coefficient (Wildman–Crippen LogP) is 3.42. The van der Waals surface area contributed by atoms with Crippen molar-refractivity contribution in [1.82, 2.24) is 34.4 Å². The number of hydrogen-bond acceptors (Lipinski definition) is 10. The zero-order valence-corrected chi connectivity index (χ0v) is 20.5. The Labute approximate surface area is 212 Å². The molecule has 37 heavy (non-hydrogen) atoms. The zero-order valence-electron chi connectivity index (χ0n) is 20.5. The fraction of sp³-hybridized carbons (Fsp3) is 0.269. The first kappa shape index (κ1) is 21.7. The summed E-state index contributed by atoms with van der Waals surface area (Å²) in [6, 6.07) is 11.9. The number of aryl methyl sites for hydroxylation is 1. The van der Waals surface area contributed by atoms with Crippen LogP contribution in [0.25, 0.3) is 16.7 Å². The lowest BCUT2D eigenvalue weighted by molar-refractivity contribution is 0.187. The molecule has 186 valence electrons. The maximum absolute atomic E-state index is 6.11. The fourth-order valence-electron chi connectivity index (χ4n) is 4.94. The smallest absolute Gasteiger partial charge is 0.172 e. The molecule has 1 N–H and O–H groups in total. The summed E-state index contributed by atoms with van der Waals surface area (Å²) < 4.78 is 13.9. The summed E-state index contributed by atoms with van der Waals surface area (Å²) in [7, 11) is 2.14. The van der Waals surface area contributed by atoms with Crippen molar-refractivity contribution in [2.24, 2.45) is 0 Å². The van der Waals surface area contributed by atoms with Crippen LogP contribution in [-0.2, 0) is 0 Å². The minimum Gasteiger partial charge on any atom is -0.487 e. The Morgan fingerprint density at radius 3 is 2.92 bits per heavy atom. The Balaban J connectivity index is 1.17. The first-order valence-corrected chi connectivity index (χ1v) is 12.2. The van der Waals surface area contributed by atoms with E-state index in [1.165, 1.54) is 6.33 Å². The molecule has 1 saturated heterocycles. The predicted molar refractivity (Wildman–Crippen MR) is 139 cm³/mol. The van der Waals surface area contributed by atoms with Gasteiger partial charge in [-0.1, -0.05) is 0 Å². The van der Waals surface area contributed by atoms with Crippen molar-refractivity contribution in [1.29, 1.82) is 0 Å². The molecule has 1 fully saturated rings. The van der Waals surface area contributed by atoms with Crippen LogP contribution in [0.5, 0.6) is 17.2 Å². The topological polar surface area (TPSA) is 106 Å². The third-order valence-corrected chi connectivity index (χ3v) is 6.86. The van der Waals surface area contributed by atoms with E-state index in [-0.39, 0.29) is 6.04 Å². The second-order valence-corrected chi connectivity index (χ2v) is 9.45. The van der Waals surface area contributed by atoms with E-state index in [0.29, 0.717) is 23.7 Å². The molecule has 11 nitrogen and oxygen atoms in total. The van der Waals surface area contributed by atoms with E-state index in [2.05, 4.69) is 42.2 Å². The number of pyridine rings is 2. The van der Waals surface area contributed by atoms with Crippen LogP contribution in [0, 0.1) is 6.92 Å². The van der Waals surface area contributed by atoms with Gasteiger partial charge in [-0.3, -0.25) is 0 Å². The average Bonchev–Trinajstić information content (AvgIpc) is 3.37.